The van der Waals surface area contributed by atoms with E-state index < -0.39 is 12.0 Å². The molecular weight excluding hydrogens is 327 g/mol. The van der Waals surface area contributed by atoms with Gasteiger partial charge >= 0.3 is 5.97 Å². The lowest BCUT2D eigenvalue weighted by molar-refractivity contribution is -0.142. The molecule has 2 N–H and O–H groups in total. The molecule has 0 aliphatic carbocycles. The Hall–Kier alpha value is -1.30. The highest BCUT2D eigenvalue weighted by molar-refractivity contribution is 6.35. The normalized spacial score (nSPS) is 19.9. The second-order valence-corrected chi connectivity index (χ2v) is 6.27. The van der Waals surface area contributed by atoms with E-state index in [1.807, 2.05) is 6.92 Å². The van der Waals surface area contributed by atoms with Crippen molar-refractivity contribution in [2.75, 3.05) is 13.1 Å². The molecule has 0 saturated carbocycles. The fourth-order valence-corrected chi connectivity index (χ4v) is 3.27. The number of amides is 1. The minimum absolute atomic E-state index is 0.0759. The number of likely N-dealkylation sites (tertiary alicyclic amines) is 1. The van der Waals surface area contributed by atoms with Crippen molar-refractivity contribution in [3.8, 4) is 0 Å². The monoisotopic (exact) mass is 344 g/mol. The van der Waals surface area contributed by atoms with E-state index in [9.17, 15) is 9.59 Å². The van der Waals surface area contributed by atoms with Crippen LogP contribution in [0.15, 0.2) is 18.2 Å². The van der Waals surface area contributed by atoms with E-state index in [2.05, 4.69) is 5.32 Å². The predicted octanol–water partition coefficient (Wildman–Crippen LogP) is 2.72. The zero-order chi connectivity index (χ0) is 16.3. The SMILES string of the molecule is C[C@H](NC(=O)CN1CCC[C@@H]1C(=O)O)c1ccc(Cl)cc1Cl. The van der Waals surface area contributed by atoms with Crippen LogP contribution in [0.2, 0.25) is 10.0 Å². The summed E-state index contributed by atoms with van der Waals surface area (Å²) in [6.07, 6.45) is 1.38. The van der Waals surface area contributed by atoms with Crippen molar-refractivity contribution in [3.63, 3.8) is 0 Å². The standard InChI is InChI=1S/C15H18Cl2N2O3/c1-9(11-5-4-10(16)7-12(11)17)18-14(20)8-19-6-2-3-13(19)15(21)22/h4-5,7,9,13H,2-3,6,8H2,1H3,(H,18,20)(H,21,22)/t9-,13+/m0/s1. The number of hydrogen-bond acceptors (Lipinski definition) is 3. The Labute approximate surface area is 139 Å². The number of carboxylic acids is 1. The van der Waals surface area contributed by atoms with Gasteiger partial charge in [0.1, 0.15) is 6.04 Å². The Morgan fingerprint density at radius 1 is 1.45 bits per heavy atom. The zero-order valence-corrected chi connectivity index (χ0v) is 13.7. The van der Waals surface area contributed by atoms with Crippen LogP contribution in [-0.2, 0) is 9.59 Å². The van der Waals surface area contributed by atoms with Gasteiger partial charge in [-0.25, -0.2) is 0 Å². The van der Waals surface area contributed by atoms with E-state index in [1.54, 1.807) is 23.1 Å². The molecule has 5 nitrogen and oxygen atoms in total. The average molecular weight is 345 g/mol. The molecular formula is C15H18Cl2N2O3. The van der Waals surface area contributed by atoms with Crippen LogP contribution in [0.5, 0.6) is 0 Å². The molecule has 1 amide bonds. The largest absolute Gasteiger partial charge is 0.480 e. The number of halogens is 2. The first kappa shape index (κ1) is 17.1. The summed E-state index contributed by atoms with van der Waals surface area (Å²) in [5, 5.41) is 13.0. The molecule has 2 rings (SSSR count). The highest BCUT2D eigenvalue weighted by atomic mass is 35.5. The Kier molecular flexibility index (Phi) is 5.67. The van der Waals surface area contributed by atoms with Crippen LogP contribution in [-0.4, -0.2) is 41.0 Å². The summed E-state index contributed by atoms with van der Waals surface area (Å²) in [6.45, 7) is 2.53. The van der Waals surface area contributed by atoms with Crippen molar-refractivity contribution in [2.45, 2.75) is 31.8 Å². The molecule has 22 heavy (non-hydrogen) atoms. The number of carbonyl (C=O) groups is 2. The molecule has 1 aliphatic heterocycles. The van der Waals surface area contributed by atoms with Gasteiger partial charge in [-0.1, -0.05) is 29.3 Å². The van der Waals surface area contributed by atoms with Gasteiger partial charge in [0.25, 0.3) is 0 Å². The zero-order valence-electron chi connectivity index (χ0n) is 12.2. The van der Waals surface area contributed by atoms with Gasteiger partial charge in [0.05, 0.1) is 12.6 Å². The molecule has 2 atom stereocenters. The highest BCUT2D eigenvalue weighted by Gasteiger charge is 2.31. The lowest BCUT2D eigenvalue weighted by Crippen LogP contribution is -2.43. The summed E-state index contributed by atoms with van der Waals surface area (Å²) >= 11 is 12.0. The molecule has 0 spiro atoms. The van der Waals surface area contributed by atoms with Gasteiger partial charge in [0.2, 0.25) is 5.91 Å². The first-order valence-corrected chi connectivity index (χ1v) is 7.85. The highest BCUT2D eigenvalue weighted by Crippen LogP contribution is 2.26. The second-order valence-electron chi connectivity index (χ2n) is 5.42. The van der Waals surface area contributed by atoms with Crippen molar-refractivity contribution >= 4 is 35.1 Å². The van der Waals surface area contributed by atoms with Crippen molar-refractivity contribution in [3.05, 3.63) is 33.8 Å². The van der Waals surface area contributed by atoms with E-state index >= 15 is 0 Å². The Bertz CT molecular complexity index is 580. The van der Waals surface area contributed by atoms with E-state index in [1.165, 1.54) is 0 Å². The van der Waals surface area contributed by atoms with Gasteiger partial charge < -0.3 is 10.4 Å². The Morgan fingerprint density at radius 2 is 2.18 bits per heavy atom. The molecule has 1 fully saturated rings. The molecule has 1 aromatic carbocycles. The quantitative estimate of drug-likeness (QED) is 0.861. The third kappa shape index (κ3) is 4.12. The van der Waals surface area contributed by atoms with Crippen LogP contribution < -0.4 is 5.32 Å². The van der Waals surface area contributed by atoms with Crippen molar-refractivity contribution in [1.29, 1.82) is 0 Å². The molecule has 0 bridgehead atoms. The molecule has 0 radical (unpaired) electrons. The summed E-state index contributed by atoms with van der Waals surface area (Å²) in [6, 6.07) is 4.27. The number of hydrogen-bond donors (Lipinski definition) is 2. The smallest absolute Gasteiger partial charge is 0.320 e. The van der Waals surface area contributed by atoms with Gasteiger partial charge in [-0.15, -0.1) is 0 Å². The maximum Gasteiger partial charge on any atom is 0.320 e. The maximum atomic E-state index is 12.1. The summed E-state index contributed by atoms with van der Waals surface area (Å²) in [4.78, 5) is 24.9. The van der Waals surface area contributed by atoms with E-state index in [0.717, 1.165) is 12.0 Å². The van der Waals surface area contributed by atoms with Crippen molar-refractivity contribution < 1.29 is 14.7 Å². The number of nitrogens with one attached hydrogen (secondary N) is 1. The molecule has 120 valence electrons. The first-order chi connectivity index (χ1) is 10.4. The molecule has 1 saturated heterocycles. The summed E-state index contributed by atoms with van der Waals surface area (Å²) in [5.41, 5.74) is 0.774. The second kappa shape index (κ2) is 7.31. The van der Waals surface area contributed by atoms with Crippen LogP contribution in [0.4, 0.5) is 0 Å². The number of rotatable bonds is 5. The molecule has 1 aliphatic rings. The average Bonchev–Trinajstić information content (AvgIpc) is 2.86. The van der Waals surface area contributed by atoms with Gasteiger partial charge in [-0.05, 0) is 44.0 Å². The lowest BCUT2D eigenvalue weighted by Gasteiger charge is -2.22. The van der Waals surface area contributed by atoms with Crippen LogP contribution in [0.3, 0.4) is 0 Å². The number of carboxylic acid groups (broad SMARTS) is 1. The first-order valence-electron chi connectivity index (χ1n) is 7.09. The van der Waals surface area contributed by atoms with Crippen molar-refractivity contribution in [1.82, 2.24) is 10.2 Å². The Morgan fingerprint density at radius 3 is 2.82 bits per heavy atom. The third-order valence-electron chi connectivity index (χ3n) is 3.80. The van der Waals surface area contributed by atoms with E-state index in [-0.39, 0.29) is 18.5 Å². The van der Waals surface area contributed by atoms with E-state index in [0.29, 0.717) is 23.0 Å². The molecule has 1 heterocycles. The van der Waals surface area contributed by atoms with Crippen molar-refractivity contribution in [2.24, 2.45) is 0 Å². The number of aliphatic carboxylic acids is 1. The fourth-order valence-electron chi connectivity index (χ4n) is 2.70. The van der Waals surface area contributed by atoms with Crippen LogP contribution in [0, 0.1) is 0 Å². The molecule has 0 unspecified atom stereocenters. The topological polar surface area (TPSA) is 69.6 Å². The summed E-state index contributed by atoms with van der Waals surface area (Å²) < 4.78 is 0. The number of nitrogens with zero attached hydrogens (tertiary/aromatic N) is 1. The lowest BCUT2D eigenvalue weighted by atomic mass is 10.1. The molecule has 7 heteroatoms. The summed E-state index contributed by atoms with van der Waals surface area (Å²) in [7, 11) is 0. The van der Waals surface area contributed by atoms with Gasteiger partial charge in [0, 0.05) is 10.0 Å². The Balaban J connectivity index is 1.95. The number of benzene rings is 1. The summed E-state index contributed by atoms with van der Waals surface area (Å²) in [5.74, 6) is -1.09. The van der Waals surface area contributed by atoms with Crippen LogP contribution in [0.1, 0.15) is 31.4 Å². The fraction of sp³-hybridized carbons (Fsp3) is 0.467. The molecule has 0 aromatic heterocycles. The minimum Gasteiger partial charge on any atom is -0.480 e. The van der Waals surface area contributed by atoms with Crippen LogP contribution >= 0.6 is 23.2 Å². The van der Waals surface area contributed by atoms with Gasteiger partial charge in [0.15, 0.2) is 0 Å². The van der Waals surface area contributed by atoms with Gasteiger partial charge in [-0.3, -0.25) is 14.5 Å². The van der Waals surface area contributed by atoms with E-state index in [4.69, 9.17) is 28.3 Å². The number of carbonyl (C=O) groups excluding carboxylic acids is 1. The molecule has 1 aromatic rings. The maximum absolute atomic E-state index is 12.1. The minimum atomic E-state index is -0.876. The van der Waals surface area contributed by atoms with Crippen LogP contribution in [0.25, 0.3) is 0 Å². The third-order valence-corrected chi connectivity index (χ3v) is 4.36. The van der Waals surface area contributed by atoms with Gasteiger partial charge in [-0.2, -0.15) is 0 Å². The predicted molar refractivity (Wildman–Crippen MR) is 85.3 cm³/mol.